The first kappa shape index (κ1) is 15.9. The Morgan fingerprint density at radius 2 is 2.11 bits per heavy atom. The average Bonchev–Trinajstić information content (AvgIpc) is 2.62. The van der Waals surface area contributed by atoms with Crippen molar-refractivity contribution < 1.29 is 9.47 Å². The van der Waals surface area contributed by atoms with E-state index in [0.717, 1.165) is 26.1 Å². The van der Waals surface area contributed by atoms with Gasteiger partial charge < -0.3 is 20.5 Å². The van der Waals surface area contributed by atoms with E-state index in [0.29, 0.717) is 12.0 Å². The lowest BCUT2D eigenvalue weighted by Gasteiger charge is -2.29. The molecule has 4 nitrogen and oxygen atoms in total. The van der Waals surface area contributed by atoms with Crippen LogP contribution < -0.4 is 11.1 Å². The zero-order valence-corrected chi connectivity index (χ0v) is 12.5. The number of nitrogens with two attached hydrogens (primary N) is 1. The second kappa shape index (κ2) is 6.85. The van der Waals surface area contributed by atoms with Gasteiger partial charge in [-0.3, -0.25) is 0 Å². The molecule has 1 heterocycles. The average molecular weight is 258 g/mol. The predicted octanol–water partition coefficient (Wildman–Crippen LogP) is 1.53. The van der Waals surface area contributed by atoms with E-state index in [4.69, 9.17) is 15.2 Å². The summed E-state index contributed by atoms with van der Waals surface area (Å²) in [6.45, 7) is 13.0. The third-order valence-electron chi connectivity index (χ3n) is 3.46. The van der Waals surface area contributed by atoms with E-state index in [1.54, 1.807) is 0 Å². The third kappa shape index (κ3) is 5.65. The molecular formula is C14H30N2O2. The van der Waals surface area contributed by atoms with Crippen molar-refractivity contribution in [2.75, 3.05) is 19.7 Å². The molecule has 0 radical (unpaired) electrons. The van der Waals surface area contributed by atoms with Crippen molar-refractivity contribution in [2.24, 2.45) is 11.7 Å². The number of ether oxygens (including phenoxy) is 2. The van der Waals surface area contributed by atoms with Crippen LogP contribution >= 0.6 is 0 Å². The van der Waals surface area contributed by atoms with E-state index in [1.807, 2.05) is 6.92 Å². The van der Waals surface area contributed by atoms with Crippen molar-refractivity contribution in [3.05, 3.63) is 0 Å². The normalized spacial score (nSPS) is 28.3. The quantitative estimate of drug-likeness (QED) is 0.758. The van der Waals surface area contributed by atoms with Gasteiger partial charge in [-0.05, 0) is 47.0 Å². The van der Waals surface area contributed by atoms with Gasteiger partial charge in [-0.1, -0.05) is 0 Å². The molecule has 1 aliphatic heterocycles. The van der Waals surface area contributed by atoms with Crippen molar-refractivity contribution in [1.82, 2.24) is 5.32 Å². The number of nitrogens with one attached hydrogen (secondary N) is 1. The van der Waals surface area contributed by atoms with Gasteiger partial charge in [0.15, 0.2) is 0 Å². The first-order valence-electron chi connectivity index (χ1n) is 7.05. The summed E-state index contributed by atoms with van der Waals surface area (Å²) in [5, 5.41) is 3.44. The first-order valence-corrected chi connectivity index (χ1v) is 7.05. The van der Waals surface area contributed by atoms with Gasteiger partial charge in [-0.15, -0.1) is 0 Å². The van der Waals surface area contributed by atoms with Gasteiger partial charge in [0.1, 0.15) is 0 Å². The highest BCUT2D eigenvalue weighted by Gasteiger charge is 2.24. The summed E-state index contributed by atoms with van der Waals surface area (Å²) in [5.74, 6) is 0.621. The first-order chi connectivity index (χ1) is 8.29. The Labute approximate surface area is 112 Å². The highest BCUT2D eigenvalue weighted by molar-refractivity contribution is 4.78. The van der Waals surface area contributed by atoms with Gasteiger partial charge >= 0.3 is 0 Å². The summed E-state index contributed by atoms with van der Waals surface area (Å²) in [6, 6.07) is 0.0295. The second-order valence-electron chi connectivity index (χ2n) is 6.38. The van der Waals surface area contributed by atoms with Crippen LogP contribution in [0.3, 0.4) is 0 Å². The van der Waals surface area contributed by atoms with Crippen LogP contribution in [-0.4, -0.2) is 43.5 Å². The van der Waals surface area contributed by atoms with Crippen LogP contribution in [0.15, 0.2) is 0 Å². The summed E-state index contributed by atoms with van der Waals surface area (Å²) >= 11 is 0. The van der Waals surface area contributed by atoms with Crippen LogP contribution in [0, 0.1) is 5.92 Å². The molecule has 0 aromatic carbocycles. The Morgan fingerprint density at radius 3 is 2.61 bits per heavy atom. The van der Waals surface area contributed by atoms with Gasteiger partial charge in [0.2, 0.25) is 0 Å². The Bertz CT molecular complexity index is 240. The molecule has 4 atom stereocenters. The number of hydrogen-bond donors (Lipinski definition) is 2. The van der Waals surface area contributed by atoms with Crippen molar-refractivity contribution in [3.8, 4) is 0 Å². The van der Waals surface area contributed by atoms with Gasteiger partial charge in [0, 0.05) is 25.7 Å². The summed E-state index contributed by atoms with van der Waals surface area (Å²) in [6.07, 6.45) is 1.59. The molecule has 0 aliphatic carbocycles. The molecule has 1 saturated heterocycles. The zero-order chi connectivity index (χ0) is 13.8. The lowest BCUT2D eigenvalue weighted by Crippen LogP contribution is -2.46. The van der Waals surface area contributed by atoms with E-state index >= 15 is 0 Å². The fourth-order valence-corrected chi connectivity index (χ4v) is 2.29. The van der Waals surface area contributed by atoms with Crippen LogP contribution in [0.2, 0.25) is 0 Å². The van der Waals surface area contributed by atoms with Gasteiger partial charge in [0.05, 0.1) is 17.8 Å². The lowest BCUT2D eigenvalue weighted by atomic mass is 10.0. The van der Waals surface area contributed by atoms with Crippen molar-refractivity contribution in [2.45, 2.75) is 64.9 Å². The Hall–Kier alpha value is -0.160. The largest absolute Gasteiger partial charge is 0.378 e. The summed E-state index contributed by atoms with van der Waals surface area (Å²) in [7, 11) is 0. The Balaban J connectivity index is 2.18. The molecular weight excluding hydrogens is 228 g/mol. The molecule has 1 rings (SSSR count). The van der Waals surface area contributed by atoms with Crippen LogP contribution in [0.25, 0.3) is 0 Å². The summed E-state index contributed by atoms with van der Waals surface area (Å²) < 4.78 is 11.4. The molecule has 1 aliphatic rings. The summed E-state index contributed by atoms with van der Waals surface area (Å²) in [4.78, 5) is 0. The molecule has 0 aromatic heterocycles. The molecule has 2 unspecified atom stereocenters. The molecule has 1 fully saturated rings. The van der Waals surface area contributed by atoms with Crippen molar-refractivity contribution >= 4 is 0 Å². The number of rotatable bonds is 6. The standard InChI is InChI=1S/C14H30N2O2/c1-10-12(6-7-17-10)8-16-9-13(15)11(2)18-14(3,4)5/h10-13,16H,6-9,15H2,1-5H3/t10?,11-,12?,13-/m1/s1. The van der Waals surface area contributed by atoms with E-state index < -0.39 is 0 Å². The van der Waals surface area contributed by atoms with E-state index in [2.05, 4.69) is 33.0 Å². The minimum Gasteiger partial charge on any atom is -0.378 e. The molecule has 18 heavy (non-hydrogen) atoms. The van der Waals surface area contributed by atoms with E-state index in [-0.39, 0.29) is 17.7 Å². The molecule has 3 N–H and O–H groups in total. The minimum atomic E-state index is -0.134. The maximum Gasteiger partial charge on any atom is 0.0717 e. The third-order valence-corrected chi connectivity index (χ3v) is 3.46. The molecule has 0 amide bonds. The van der Waals surface area contributed by atoms with Crippen LogP contribution in [0.1, 0.15) is 41.0 Å². The number of hydrogen-bond acceptors (Lipinski definition) is 4. The van der Waals surface area contributed by atoms with Gasteiger partial charge in [-0.2, -0.15) is 0 Å². The van der Waals surface area contributed by atoms with Crippen LogP contribution in [0.5, 0.6) is 0 Å². The van der Waals surface area contributed by atoms with Gasteiger partial charge in [0.25, 0.3) is 0 Å². The van der Waals surface area contributed by atoms with E-state index in [9.17, 15) is 0 Å². The van der Waals surface area contributed by atoms with Crippen LogP contribution in [0.4, 0.5) is 0 Å². The van der Waals surface area contributed by atoms with Crippen molar-refractivity contribution in [3.63, 3.8) is 0 Å². The Morgan fingerprint density at radius 1 is 1.44 bits per heavy atom. The molecule has 4 heteroatoms. The maximum atomic E-state index is 6.13. The van der Waals surface area contributed by atoms with Crippen molar-refractivity contribution in [1.29, 1.82) is 0 Å². The lowest BCUT2D eigenvalue weighted by molar-refractivity contribution is -0.0609. The predicted molar refractivity (Wildman–Crippen MR) is 74.7 cm³/mol. The fraction of sp³-hybridized carbons (Fsp3) is 1.00. The molecule has 0 saturated carbocycles. The monoisotopic (exact) mass is 258 g/mol. The molecule has 0 bridgehead atoms. The topological polar surface area (TPSA) is 56.5 Å². The zero-order valence-electron chi connectivity index (χ0n) is 12.5. The summed E-state index contributed by atoms with van der Waals surface area (Å²) in [5.41, 5.74) is 5.99. The smallest absolute Gasteiger partial charge is 0.0717 e. The minimum absolute atomic E-state index is 0.0295. The SMILES string of the molecule is CC1OCCC1CNC[C@@H](N)[C@@H](C)OC(C)(C)C. The fourth-order valence-electron chi connectivity index (χ4n) is 2.29. The molecule has 108 valence electrons. The maximum absolute atomic E-state index is 6.13. The Kier molecular flexibility index (Phi) is 6.05. The highest BCUT2D eigenvalue weighted by atomic mass is 16.5. The molecule has 0 spiro atoms. The van der Waals surface area contributed by atoms with E-state index in [1.165, 1.54) is 0 Å². The molecule has 0 aromatic rings. The van der Waals surface area contributed by atoms with Gasteiger partial charge in [-0.25, -0.2) is 0 Å². The highest BCUT2D eigenvalue weighted by Crippen LogP contribution is 2.19. The van der Waals surface area contributed by atoms with Crippen LogP contribution in [-0.2, 0) is 9.47 Å². The second-order valence-corrected chi connectivity index (χ2v) is 6.38.